The Morgan fingerprint density at radius 1 is 1.00 bits per heavy atom. The molecule has 1 heterocycles. The zero-order valence-corrected chi connectivity index (χ0v) is 22.0. The fraction of sp³-hybridized carbons (Fsp3) is 0.357. The number of benzene rings is 2. The van der Waals surface area contributed by atoms with Crippen molar-refractivity contribution in [1.29, 1.82) is 0 Å². The lowest BCUT2D eigenvalue weighted by atomic mass is 9.71. The minimum Gasteiger partial charge on any atom is -0.493 e. The van der Waals surface area contributed by atoms with Gasteiger partial charge in [0.2, 0.25) is 0 Å². The van der Waals surface area contributed by atoms with Crippen LogP contribution in [0, 0.1) is 9.39 Å². The molecular formula is C28H27FINO4. The van der Waals surface area contributed by atoms with Gasteiger partial charge in [-0.3, -0.25) is 9.59 Å². The Bertz CT molecular complexity index is 1240. The lowest BCUT2D eigenvalue weighted by Crippen LogP contribution is -2.37. The maximum absolute atomic E-state index is 14.1. The molecule has 35 heavy (non-hydrogen) atoms. The first-order valence-corrected chi connectivity index (χ1v) is 13.0. The second-order valence-electron chi connectivity index (χ2n) is 9.18. The number of carbonyl (C=O) groups excluding carboxylic acids is 2. The lowest BCUT2D eigenvalue weighted by Gasteiger charge is -2.42. The van der Waals surface area contributed by atoms with Gasteiger partial charge in [-0.2, -0.15) is 0 Å². The summed E-state index contributed by atoms with van der Waals surface area (Å²) in [6.07, 6.45) is 4.31. The monoisotopic (exact) mass is 587 g/mol. The molecule has 0 amide bonds. The van der Waals surface area contributed by atoms with E-state index in [1.807, 2.05) is 19.2 Å². The summed E-state index contributed by atoms with van der Waals surface area (Å²) < 4.78 is 26.6. The molecule has 5 rings (SSSR count). The molecule has 182 valence electrons. The molecule has 3 aliphatic rings. The van der Waals surface area contributed by atoms with E-state index in [1.54, 1.807) is 25.3 Å². The van der Waals surface area contributed by atoms with Crippen LogP contribution in [0.4, 0.5) is 4.39 Å². The normalized spacial score (nSPS) is 18.6. The number of nitrogens with zero attached hydrogens (tertiary/aromatic N) is 1. The van der Waals surface area contributed by atoms with Crippen molar-refractivity contribution in [3.8, 4) is 11.5 Å². The van der Waals surface area contributed by atoms with Crippen molar-refractivity contribution in [2.45, 2.75) is 51.0 Å². The summed E-state index contributed by atoms with van der Waals surface area (Å²) in [6.45, 7) is 0.0637. The fourth-order valence-electron chi connectivity index (χ4n) is 5.50. The van der Waals surface area contributed by atoms with Gasteiger partial charge in [0.15, 0.2) is 23.1 Å². The number of carbonyl (C=O) groups is 2. The van der Waals surface area contributed by atoms with Gasteiger partial charge >= 0.3 is 0 Å². The summed E-state index contributed by atoms with van der Waals surface area (Å²) in [7, 11) is 3.55. The number of rotatable bonds is 5. The highest BCUT2D eigenvalue weighted by atomic mass is 127. The van der Waals surface area contributed by atoms with E-state index in [4.69, 9.17) is 9.47 Å². The quantitative estimate of drug-likeness (QED) is 0.399. The Labute approximate surface area is 218 Å². The SMILES string of the molecule is COc1cc(C2C3=C(CCCC3=O)N(C)C3=C2C(=O)CCC3)cc(I)c1OCc1ccccc1F. The van der Waals surface area contributed by atoms with E-state index in [9.17, 15) is 14.0 Å². The summed E-state index contributed by atoms with van der Waals surface area (Å²) >= 11 is 2.18. The Hall–Kier alpha value is -2.68. The molecule has 0 N–H and O–H groups in total. The lowest BCUT2D eigenvalue weighted by molar-refractivity contribution is -0.117. The summed E-state index contributed by atoms with van der Waals surface area (Å²) in [6, 6.07) is 10.3. The highest BCUT2D eigenvalue weighted by Gasteiger charge is 2.42. The van der Waals surface area contributed by atoms with Gasteiger partial charge in [-0.15, -0.1) is 0 Å². The molecule has 5 nitrogen and oxygen atoms in total. The van der Waals surface area contributed by atoms with Crippen LogP contribution in [-0.2, 0) is 16.2 Å². The Morgan fingerprint density at radius 3 is 2.23 bits per heavy atom. The maximum atomic E-state index is 14.1. The molecule has 1 aliphatic heterocycles. The van der Waals surface area contributed by atoms with E-state index in [2.05, 4.69) is 27.5 Å². The molecule has 0 radical (unpaired) electrons. The Kier molecular flexibility index (Phi) is 6.70. The minimum absolute atomic E-state index is 0.0637. The van der Waals surface area contributed by atoms with Crippen LogP contribution in [-0.4, -0.2) is 30.6 Å². The molecule has 0 atom stereocenters. The zero-order valence-electron chi connectivity index (χ0n) is 19.8. The predicted molar refractivity (Wildman–Crippen MR) is 139 cm³/mol. The molecule has 0 fully saturated rings. The van der Waals surface area contributed by atoms with Crippen LogP contribution in [0.2, 0.25) is 0 Å². The molecular weight excluding hydrogens is 560 g/mol. The number of hydrogen-bond donors (Lipinski definition) is 0. The third-order valence-electron chi connectivity index (χ3n) is 7.16. The third kappa shape index (κ3) is 4.28. The molecule has 0 saturated heterocycles. The largest absolute Gasteiger partial charge is 0.493 e. The van der Waals surface area contributed by atoms with Crippen LogP contribution >= 0.6 is 22.6 Å². The molecule has 0 bridgehead atoms. The minimum atomic E-state index is -0.403. The number of halogens is 2. The first kappa shape index (κ1) is 24.0. The number of ketones is 2. The molecule has 2 aromatic rings. The maximum Gasteiger partial charge on any atom is 0.174 e. The Balaban J connectivity index is 1.59. The smallest absolute Gasteiger partial charge is 0.174 e. The first-order chi connectivity index (χ1) is 16.9. The van der Waals surface area contributed by atoms with Crippen molar-refractivity contribution in [2.24, 2.45) is 0 Å². The van der Waals surface area contributed by atoms with E-state index in [1.165, 1.54) is 6.07 Å². The van der Waals surface area contributed by atoms with Gasteiger partial charge in [0, 0.05) is 53.9 Å². The fourth-order valence-corrected chi connectivity index (χ4v) is 6.28. The van der Waals surface area contributed by atoms with Crippen LogP contribution in [0.1, 0.15) is 55.6 Å². The van der Waals surface area contributed by atoms with E-state index in [0.29, 0.717) is 29.9 Å². The van der Waals surface area contributed by atoms with Crippen molar-refractivity contribution in [3.63, 3.8) is 0 Å². The Morgan fingerprint density at radius 2 is 1.63 bits per heavy atom. The molecule has 0 saturated carbocycles. The van der Waals surface area contributed by atoms with Crippen molar-refractivity contribution in [3.05, 3.63) is 79.5 Å². The molecule has 0 spiro atoms. The molecule has 0 unspecified atom stereocenters. The number of methoxy groups -OCH3 is 1. The van der Waals surface area contributed by atoms with Crippen molar-refractivity contribution < 1.29 is 23.5 Å². The van der Waals surface area contributed by atoms with Crippen molar-refractivity contribution >= 4 is 34.2 Å². The van der Waals surface area contributed by atoms with Gasteiger partial charge in [-0.1, -0.05) is 18.2 Å². The van der Waals surface area contributed by atoms with Gasteiger partial charge in [0.1, 0.15) is 12.4 Å². The molecule has 0 aromatic heterocycles. The van der Waals surface area contributed by atoms with Crippen LogP contribution in [0.5, 0.6) is 11.5 Å². The van der Waals surface area contributed by atoms with Crippen LogP contribution < -0.4 is 9.47 Å². The highest BCUT2D eigenvalue weighted by Crippen LogP contribution is 2.50. The summed E-state index contributed by atoms with van der Waals surface area (Å²) in [5.41, 5.74) is 4.86. The van der Waals surface area contributed by atoms with E-state index < -0.39 is 5.92 Å². The number of ether oxygens (including phenoxy) is 2. The van der Waals surface area contributed by atoms with Crippen LogP contribution in [0.15, 0.2) is 58.9 Å². The van der Waals surface area contributed by atoms with Gasteiger partial charge in [0.25, 0.3) is 0 Å². The topological polar surface area (TPSA) is 55.8 Å². The van der Waals surface area contributed by atoms with Gasteiger partial charge in [-0.05, 0) is 72.0 Å². The second kappa shape index (κ2) is 9.76. The number of hydrogen-bond acceptors (Lipinski definition) is 5. The second-order valence-corrected chi connectivity index (χ2v) is 10.3. The first-order valence-electron chi connectivity index (χ1n) is 11.9. The number of Topliss-reactive ketones (excluding diaryl/α,β-unsaturated/α-hetero) is 2. The van der Waals surface area contributed by atoms with E-state index >= 15 is 0 Å². The molecule has 2 aliphatic carbocycles. The van der Waals surface area contributed by atoms with Crippen LogP contribution in [0.25, 0.3) is 0 Å². The standard InChI is InChI=1S/C28H27FINO4/c1-31-20-9-5-11-22(32)26(20)25(27-21(31)10-6-12-23(27)33)17-13-19(30)28(24(14-17)34-2)35-15-16-7-3-4-8-18(16)29/h3-4,7-8,13-14,25H,5-6,9-12,15H2,1-2H3. The molecule has 2 aromatic carbocycles. The third-order valence-corrected chi connectivity index (χ3v) is 7.96. The molecule has 7 heteroatoms. The van der Waals surface area contributed by atoms with Crippen molar-refractivity contribution in [2.75, 3.05) is 14.2 Å². The van der Waals surface area contributed by atoms with Gasteiger partial charge in [-0.25, -0.2) is 4.39 Å². The average molecular weight is 587 g/mol. The highest BCUT2D eigenvalue weighted by molar-refractivity contribution is 14.1. The van der Waals surface area contributed by atoms with Crippen LogP contribution in [0.3, 0.4) is 0 Å². The summed E-state index contributed by atoms with van der Waals surface area (Å²) in [5, 5.41) is 0. The summed E-state index contributed by atoms with van der Waals surface area (Å²) in [5.74, 6) is 0.512. The zero-order chi connectivity index (χ0) is 24.7. The predicted octanol–water partition coefficient (Wildman–Crippen LogP) is 6.06. The van der Waals surface area contributed by atoms with E-state index in [-0.39, 0.29) is 24.0 Å². The van der Waals surface area contributed by atoms with Crippen molar-refractivity contribution in [1.82, 2.24) is 4.90 Å². The number of allylic oxidation sites excluding steroid dienone is 4. The van der Waals surface area contributed by atoms with Gasteiger partial charge < -0.3 is 14.4 Å². The van der Waals surface area contributed by atoms with E-state index in [0.717, 1.165) is 57.4 Å². The summed E-state index contributed by atoms with van der Waals surface area (Å²) in [4.78, 5) is 28.6. The van der Waals surface area contributed by atoms with Gasteiger partial charge in [0.05, 0.1) is 10.7 Å². The average Bonchev–Trinajstić information content (AvgIpc) is 2.85.